The van der Waals surface area contributed by atoms with Gasteiger partial charge in [-0.3, -0.25) is 15.1 Å². The number of benzene rings is 1. The first-order valence-corrected chi connectivity index (χ1v) is 14.0. The lowest BCUT2D eigenvalue weighted by Gasteiger charge is -2.30. The number of pyridine rings is 1. The number of ether oxygens (including phenoxy) is 4. The van der Waals surface area contributed by atoms with E-state index in [9.17, 15) is 19.5 Å². The monoisotopic (exact) mass is 607 g/mol. The van der Waals surface area contributed by atoms with Gasteiger partial charge in [-0.05, 0) is 80.5 Å². The molecule has 0 fully saturated rings. The number of hydrogen-bond acceptors (Lipinski definition) is 9. The van der Waals surface area contributed by atoms with Gasteiger partial charge in [0.05, 0.1) is 29.1 Å². The predicted molar refractivity (Wildman–Crippen MR) is 159 cm³/mol. The van der Waals surface area contributed by atoms with Crippen LogP contribution in [0.2, 0.25) is 5.02 Å². The molecule has 0 aliphatic rings. The summed E-state index contributed by atoms with van der Waals surface area (Å²) in [4.78, 5) is 42.7. The summed E-state index contributed by atoms with van der Waals surface area (Å²) in [6, 6.07) is 7.24. The maximum atomic E-state index is 13.1. The van der Waals surface area contributed by atoms with Crippen molar-refractivity contribution < 1.29 is 38.4 Å². The number of anilines is 1. The van der Waals surface area contributed by atoms with Gasteiger partial charge in [-0.1, -0.05) is 17.7 Å². The van der Waals surface area contributed by atoms with E-state index < -0.39 is 53.5 Å². The quantitative estimate of drug-likeness (QED) is 0.208. The maximum Gasteiger partial charge on any atom is 0.412 e. The molecule has 12 heteroatoms. The van der Waals surface area contributed by atoms with E-state index in [-0.39, 0.29) is 28.6 Å². The van der Waals surface area contributed by atoms with Gasteiger partial charge in [-0.2, -0.15) is 0 Å². The van der Waals surface area contributed by atoms with Gasteiger partial charge in [0, 0.05) is 23.9 Å². The Morgan fingerprint density at radius 2 is 1.62 bits per heavy atom. The van der Waals surface area contributed by atoms with Crippen LogP contribution < -0.4 is 15.4 Å². The third-order valence-corrected chi connectivity index (χ3v) is 5.94. The number of halogens is 1. The fraction of sp³-hybridized carbons (Fsp3) is 0.533. The molecule has 1 aromatic heterocycles. The van der Waals surface area contributed by atoms with Crippen LogP contribution in [0.15, 0.2) is 36.5 Å². The molecule has 1 heterocycles. The van der Waals surface area contributed by atoms with Gasteiger partial charge in [-0.25, -0.2) is 9.59 Å². The Morgan fingerprint density at radius 1 is 1.00 bits per heavy atom. The Kier molecular flexibility index (Phi) is 12.0. The van der Waals surface area contributed by atoms with Crippen molar-refractivity contribution in [3.8, 4) is 5.75 Å². The zero-order valence-electron chi connectivity index (χ0n) is 25.6. The number of nitrogens with zero attached hydrogens (tertiary/aromatic N) is 1. The minimum atomic E-state index is -1.60. The summed E-state index contributed by atoms with van der Waals surface area (Å²) in [6.45, 7) is 15.2. The summed E-state index contributed by atoms with van der Waals surface area (Å²) in [5.41, 5.74) is -0.824. The molecule has 2 aromatic rings. The molecule has 11 nitrogen and oxygen atoms in total. The van der Waals surface area contributed by atoms with Crippen molar-refractivity contribution in [3.05, 3.63) is 52.8 Å². The fourth-order valence-electron chi connectivity index (χ4n) is 3.91. The molecule has 0 unspecified atom stereocenters. The van der Waals surface area contributed by atoms with Crippen LogP contribution in [0, 0.1) is 5.92 Å². The molecule has 0 saturated carbocycles. The van der Waals surface area contributed by atoms with Gasteiger partial charge < -0.3 is 29.4 Å². The highest BCUT2D eigenvalue weighted by molar-refractivity contribution is 6.32. The first-order chi connectivity index (χ1) is 19.4. The Hall–Kier alpha value is -3.57. The van der Waals surface area contributed by atoms with Gasteiger partial charge in [0.15, 0.2) is 0 Å². The Balaban J connectivity index is 2.54. The number of nitrogens with one attached hydrogen (secondary N) is 2. The number of aromatic nitrogens is 1. The second kappa shape index (κ2) is 14.6. The number of aliphatic hydroxyl groups excluding tert-OH is 1. The van der Waals surface area contributed by atoms with Crippen molar-refractivity contribution in [2.75, 3.05) is 11.9 Å². The minimum absolute atomic E-state index is 0.0309. The number of carbonyl (C=O) groups excluding carboxylic acids is 3. The lowest BCUT2D eigenvalue weighted by atomic mass is 9.89. The number of hydrogen-bond donors (Lipinski definition) is 3. The average molecular weight is 608 g/mol. The molecule has 4 atom stereocenters. The van der Waals surface area contributed by atoms with E-state index in [2.05, 4.69) is 15.6 Å². The second-order valence-electron chi connectivity index (χ2n) is 11.7. The molecule has 0 radical (unpaired) electrons. The molecule has 2 rings (SSSR count). The zero-order valence-corrected chi connectivity index (χ0v) is 26.4. The number of amides is 2. The summed E-state index contributed by atoms with van der Waals surface area (Å²) in [7, 11) is 0. The molecule has 0 aliphatic heterocycles. The third-order valence-electron chi connectivity index (χ3n) is 5.65. The number of esters is 1. The standard InChI is InChI=1S/C30H42ClN3O8/c1-10-39-26(36)24(17(2)33-27(37)41-29(4,5)6)25(35)19-15-20(31)23(40-18(3)21-13-11-12-14-32-21)16-22(19)34-28(38)42-30(7,8)9/h11-18,24-25,35H,10H2,1-9H3,(H,33,37)(H,34,38)/t17-,18+,24-,25+/m0/s1. The molecule has 0 aliphatic carbocycles. The molecule has 0 spiro atoms. The van der Waals surface area contributed by atoms with Gasteiger partial charge in [0.25, 0.3) is 0 Å². The third kappa shape index (κ3) is 10.7. The van der Waals surface area contributed by atoms with Gasteiger partial charge in [0.1, 0.15) is 29.0 Å². The van der Waals surface area contributed by atoms with E-state index >= 15 is 0 Å². The average Bonchev–Trinajstić information content (AvgIpc) is 2.84. The summed E-state index contributed by atoms with van der Waals surface area (Å²) in [5.74, 6) is -1.91. The first kappa shape index (κ1) is 34.6. The highest BCUT2D eigenvalue weighted by Crippen LogP contribution is 2.39. The number of alkyl carbamates (subject to hydrolysis) is 1. The topological polar surface area (TPSA) is 145 Å². The molecular formula is C30H42ClN3O8. The Bertz CT molecular complexity index is 1230. The van der Waals surface area contributed by atoms with Crippen LogP contribution in [0.3, 0.4) is 0 Å². The van der Waals surface area contributed by atoms with Crippen molar-refractivity contribution in [3.63, 3.8) is 0 Å². The summed E-state index contributed by atoms with van der Waals surface area (Å²) < 4.78 is 22.0. The first-order valence-electron chi connectivity index (χ1n) is 13.7. The van der Waals surface area contributed by atoms with Gasteiger partial charge in [0.2, 0.25) is 0 Å². The van der Waals surface area contributed by atoms with E-state index in [4.69, 9.17) is 30.5 Å². The number of rotatable bonds is 10. The van der Waals surface area contributed by atoms with Crippen molar-refractivity contribution >= 4 is 35.4 Å². The molecule has 1 aromatic carbocycles. The Labute approximate surface area is 252 Å². The normalized spacial score (nSPS) is 14.5. The van der Waals surface area contributed by atoms with Gasteiger partial charge >= 0.3 is 18.2 Å². The van der Waals surface area contributed by atoms with Crippen LogP contribution in [0.5, 0.6) is 5.75 Å². The van der Waals surface area contributed by atoms with E-state index in [1.54, 1.807) is 73.7 Å². The summed E-state index contributed by atoms with van der Waals surface area (Å²) >= 11 is 6.60. The number of carbonyl (C=O) groups is 3. The van der Waals surface area contributed by atoms with Crippen LogP contribution in [0.1, 0.15) is 85.8 Å². The van der Waals surface area contributed by atoms with Crippen LogP contribution in [0.4, 0.5) is 15.3 Å². The maximum absolute atomic E-state index is 13.1. The number of aliphatic hydroxyl groups is 1. The van der Waals surface area contributed by atoms with Crippen LogP contribution >= 0.6 is 11.6 Å². The highest BCUT2D eigenvalue weighted by Gasteiger charge is 2.38. The van der Waals surface area contributed by atoms with Crippen molar-refractivity contribution in [1.82, 2.24) is 10.3 Å². The lowest BCUT2D eigenvalue weighted by Crippen LogP contribution is -2.46. The van der Waals surface area contributed by atoms with Crippen molar-refractivity contribution in [2.45, 2.75) is 91.8 Å². The molecular weight excluding hydrogens is 566 g/mol. The predicted octanol–water partition coefficient (Wildman–Crippen LogP) is 6.35. The van der Waals surface area contributed by atoms with E-state index in [1.807, 2.05) is 6.07 Å². The minimum Gasteiger partial charge on any atom is -0.483 e. The van der Waals surface area contributed by atoms with Crippen LogP contribution in [-0.2, 0) is 19.0 Å². The van der Waals surface area contributed by atoms with E-state index in [0.29, 0.717) is 5.69 Å². The molecule has 0 bridgehead atoms. The molecule has 0 saturated heterocycles. The molecule has 3 N–H and O–H groups in total. The molecule has 42 heavy (non-hydrogen) atoms. The van der Waals surface area contributed by atoms with Crippen LogP contribution in [0.25, 0.3) is 0 Å². The summed E-state index contributed by atoms with van der Waals surface area (Å²) in [5, 5.41) is 16.9. The summed E-state index contributed by atoms with van der Waals surface area (Å²) in [6.07, 6.45) is -2.07. The SMILES string of the molecule is CCOC(=O)[C@@H]([C@H](C)NC(=O)OC(C)(C)C)[C@H](O)c1cc(Cl)c(O[C@H](C)c2ccccn2)cc1NC(=O)OC(C)(C)C. The van der Waals surface area contributed by atoms with Crippen molar-refractivity contribution in [2.24, 2.45) is 5.92 Å². The second-order valence-corrected chi connectivity index (χ2v) is 12.1. The lowest BCUT2D eigenvalue weighted by molar-refractivity contribution is -0.153. The highest BCUT2D eigenvalue weighted by atomic mass is 35.5. The van der Waals surface area contributed by atoms with E-state index in [1.165, 1.54) is 19.1 Å². The van der Waals surface area contributed by atoms with Crippen molar-refractivity contribution in [1.29, 1.82) is 0 Å². The smallest absolute Gasteiger partial charge is 0.412 e. The fourth-order valence-corrected chi connectivity index (χ4v) is 4.13. The van der Waals surface area contributed by atoms with Crippen LogP contribution in [-0.4, -0.2) is 52.1 Å². The molecule has 232 valence electrons. The Morgan fingerprint density at radius 3 is 2.17 bits per heavy atom. The van der Waals surface area contributed by atoms with E-state index in [0.717, 1.165) is 0 Å². The molecule has 2 amide bonds. The van der Waals surface area contributed by atoms with Gasteiger partial charge in [-0.15, -0.1) is 0 Å². The largest absolute Gasteiger partial charge is 0.483 e. The zero-order chi connectivity index (χ0) is 31.8.